The molecule has 3 nitrogen and oxygen atoms in total. The number of Topliss-reactive ketones (excluding diaryl/α,β-unsaturated/α-hetero) is 1. The van der Waals surface area contributed by atoms with E-state index in [0.29, 0.717) is 21.6 Å². The van der Waals surface area contributed by atoms with E-state index in [-0.39, 0.29) is 23.2 Å². The second kappa shape index (κ2) is 5.44. The zero-order valence-electron chi connectivity index (χ0n) is 11.9. The zero-order valence-corrected chi connectivity index (χ0v) is 13.5. The van der Waals surface area contributed by atoms with Crippen molar-refractivity contribution in [3.05, 3.63) is 33.7 Å². The van der Waals surface area contributed by atoms with E-state index in [0.717, 1.165) is 19.3 Å². The lowest BCUT2D eigenvalue weighted by atomic mass is 9.83. The van der Waals surface area contributed by atoms with Crippen molar-refractivity contribution in [3.63, 3.8) is 0 Å². The summed E-state index contributed by atoms with van der Waals surface area (Å²) in [6.45, 7) is 0. The van der Waals surface area contributed by atoms with Gasteiger partial charge in [0.15, 0.2) is 5.78 Å². The average molecular weight is 355 g/mol. The number of fused-ring (bicyclic) bond motifs is 2. The molecule has 0 spiro atoms. The molecule has 1 aromatic carbocycles. The quantitative estimate of drug-likeness (QED) is 0.824. The number of carbonyl (C=O) groups excluding carboxylic acids is 1. The van der Waals surface area contributed by atoms with Gasteiger partial charge in [-0.1, -0.05) is 15.9 Å². The van der Waals surface area contributed by atoms with Gasteiger partial charge in [-0.05, 0) is 31.4 Å². The molecule has 0 aliphatic heterocycles. The van der Waals surface area contributed by atoms with Crippen LogP contribution in [0.2, 0.25) is 0 Å². The van der Waals surface area contributed by atoms with Crippen molar-refractivity contribution in [1.82, 2.24) is 0 Å². The van der Waals surface area contributed by atoms with Crippen LogP contribution in [0.15, 0.2) is 22.4 Å². The molecule has 2 atom stereocenters. The predicted molar refractivity (Wildman–Crippen MR) is 80.4 cm³/mol. The number of carbonyl (C=O) groups is 1. The van der Waals surface area contributed by atoms with E-state index in [2.05, 4.69) is 15.9 Å². The molecule has 0 heterocycles. The number of hydrogen-bond donors (Lipinski definition) is 0. The van der Waals surface area contributed by atoms with Crippen molar-refractivity contribution in [2.75, 3.05) is 14.2 Å². The van der Waals surface area contributed by atoms with E-state index in [1.54, 1.807) is 13.2 Å². The Bertz CT molecular complexity index is 639. The number of methoxy groups -OCH3 is 2. The van der Waals surface area contributed by atoms with Gasteiger partial charge in [-0.3, -0.25) is 4.79 Å². The fourth-order valence-electron chi connectivity index (χ4n) is 3.46. The monoisotopic (exact) mass is 354 g/mol. The maximum atomic E-state index is 14.5. The van der Waals surface area contributed by atoms with Crippen molar-refractivity contribution < 1.29 is 18.7 Å². The van der Waals surface area contributed by atoms with Gasteiger partial charge in [0.2, 0.25) is 0 Å². The predicted octanol–water partition coefficient (Wildman–Crippen LogP) is 3.95. The molecule has 1 fully saturated rings. The van der Waals surface area contributed by atoms with Crippen LogP contribution in [0.3, 0.4) is 0 Å². The third-order valence-corrected chi connectivity index (χ3v) is 4.83. The number of rotatable bonds is 3. The summed E-state index contributed by atoms with van der Waals surface area (Å²) in [6, 6.07) is 3.02. The molecule has 2 aliphatic carbocycles. The lowest BCUT2D eigenvalue weighted by molar-refractivity contribution is -0.117. The molecule has 0 radical (unpaired) electrons. The molecule has 1 saturated carbocycles. The van der Waals surface area contributed by atoms with E-state index in [1.165, 1.54) is 13.2 Å². The second-order valence-electron chi connectivity index (χ2n) is 5.48. The molecule has 2 bridgehead atoms. The van der Waals surface area contributed by atoms with Gasteiger partial charge in [-0.2, -0.15) is 0 Å². The number of ketones is 1. The Labute approximate surface area is 131 Å². The van der Waals surface area contributed by atoms with Gasteiger partial charge in [0.1, 0.15) is 17.3 Å². The number of benzene rings is 1. The highest BCUT2D eigenvalue weighted by Gasteiger charge is 2.43. The highest BCUT2D eigenvalue weighted by atomic mass is 79.9. The summed E-state index contributed by atoms with van der Waals surface area (Å²) in [4.78, 5) is 12.7. The minimum absolute atomic E-state index is 0.0170. The van der Waals surface area contributed by atoms with Gasteiger partial charge in [0.25, 0.3) is 0 Å². The lowest BCUT2D eigenvalue weighted by Gasteiger charge is -2.25. The van der Waals surface area contributed by atoms with Crippen LogP contribution in [-0.4, -0.2) is 20.0 Å². The summed E-state index contributed by atoms with van der Waals surface area (Å²) in [7, 11) is 3.02. The highest BCUT2D eigenvalue weighted by molar-refractivity contribution is 9.10. The van der Waals surface area contributed by atoms with Crippen LogP contribution in [0, 0.1) is 17.7 Å². The minimum Gasteiger partial charge on any atom is -0.500 e. The fourth-order valence-corrected chi connectivity index (χ4v) is 3.87. The summed E-state index contributed by atoms with van der Waals surface area (Å²) in [5.41, 5.74) is 0.581. The molecule has 0 N–H and O–H groups in total. The van der Waals surface area contributed by atoms with Gasteiger partial charge in [0.05, 0.1) is 25.4 Å². The summed E-state index contributed by atoms with van der Waals surface area (Å²) in [5.74, 6) is 0.645. The Morgan fingerprint density at radius 1 is 1.19 bits per heavy atom. The van der Waals surface area contributed by atoms with E-state index >= 15 is 0 Å². The molecule has 0 saturated heterocycles. The van der Waals surface area contributed by atoms with Crippen molar-refractivity contribution in [2.45, 2.75) is 19.3 Å². The average Bonchev–Trinajstić information content (AvgIpc) is 2.89. The van der Waals surface area contributed by atoms with Crippen LogP contribution < -0.4 is 4.74 Å². The van der Waals surface area contributed by atoms with Gasteiger partial charge in [-0.15, -0.1) is 0 Å². The van der Waals surface area contributed by atoms with E-state index in [4.69, 9.17) is 9.47 Å². The van der Waals surface area contributed by atoms with E-state index < -0.39 is 5.82 Å². The van der Waals surface area contributed by atoms with Gasteiger partial charge < -0.3 is 9.47 Å². The Hall–Kier alpha value is -1.36. The van der Waals surface area contributed by atoms with Crippen LogP contribution in [0.25, 0.3) is 5.57 Å². The third-order valence-electron chi connectivity index (χ3n) is 4.38. The lowest BCUT2D eigenvalue weighted by Crippen LogP contribution is -2.23. The molecular formula is C16H16BrFO3. The summed E-state index contributed by atoms with van der Waals surface area (Å²) < 4.78 is 25.8. The Kier molecular flexibility index (Phi) is 3.78. The summed E-state index contributed by atoms with van der Waals surface area (Å²) >= 11 is 3.24. The van der Waals surface area contributed by atoms with E-state index in [9.17, 15) is 9.18 Å². The smallest absolute Gasteiger partial charge is 0.170 e. The Morgan fingerprint density at radius 2 is 1.90 bits per heavy atom. The van der Waals surface area contributed by atoms with Crippen LogP contribution in [0.5, 0.6) is 5.75 Å². The highest BCUT2D eigenvalue weighted by Crippen LogP contribution is 2.48. The second-order valence-corrected chi connectivity index (χ2v) is 6.40. The zero-order chi connectivity index (χ0) is 15.1. The Morgan fingerprint density at radius 3 is 2.57 bits per heavy atom. The standard InChI is InChI=1S/C16H16BrFO3/c1-20-12-7-10(17)6-11(18)13(12)14-15(19)8-3-4-9(5-8)16(14)21-2/h6-9H,3-5H2,1-2H3. The van der Waals surface area contributed by atoms with Gasteiger partial charge in [0, 0.05) is 16.3 Å². The first kappa shape index (κ1) is 14.6. The minimum atomic E-state index is -0.472. The SMILES string of the molecule is COC1=C(c2c(F)cc(Br)cc2OC)C(=O)C2CCC1C2. The molecule has 1 aromatic rings. The summed E-state index contributed by atoms with van der Waals surface area (Å²) in [5, 5.41) is 0. The van der Waals surface area contributed by atoms with E-state index in [1.807, 2.05) is 0 Å². The molecule has 21 heavy (non-hydrogen) atoms. The molecule has 5 heteroatoms. The van der Waals surface area contributed by atoms with Crippen LogP contribution in [-0.2, 0) is 9.53 Å². The number of hydrogen-bond acceptors (Lipinski definition) is 3. The first-order chi connectivity index (χ1) is 10.1. The van der Waals surface area contributed by atoms with Gasteiger partial charge in [-0.25, -0.2) is 4.39 Å². The number of halogens is 2. The number of allylic oxidation sites excluding steroid dienone is 2. The largest absolute Gasteiger partial charge is 0.500 e. The normalized spacial score (nSPS) is 24.5. The molecule has 0 amide bonds. The first-order valence-electron chi connectivity index (χ1n) is 6.92. The van der Waals surface area contributed by atoms with Crippen molar-refractivity contribution in [1.29, 1.82) is 0 Å². The van der Waals surface area contributed by atoms with Crippen LogP contribution in [0.1, 0.15) is 24.8 Å². The van der Waals surface area contributed by atoms with Crippen LogP contribution >= 0.6 is 15.9 Å². The molecular weight excluding hydrogens is 339 g/mol. The molecule has 3 rings (SSSR count). The molecule has 112 valence electrons. The van der Waals surface area contributed by atoms with Crippen LogP contribution in [0.4, 0.5) is 4.39 Å². The molecule has 2 unspecified atom stereocenters. The topological polar surface area (TPSA) is 35.5 Å². The number of ether oxygens (including phenoxy) is 2. The van der Waals surface area contributed by atoms with Crippen molar-refractivity contribution in [3.8, 4) is 5.75 Å². The third kappa shape index (κ3) is 2.27. The summed E-state index contributed by atoms with van der Waals surface area (Å²) in [6.07, 6.45) is 2.58. The van der Waals surface area contributed by atoms with Crippen molar-refractivity contribution in [2.24, 2.45) is 11.8 Å². The maximum absolute atomic E-state index is 14.5. The fraction of sp³-hybridized carbons (Fsp3) is 0.438. The molecule has 0 aromatic heterocycles. The van der Waals surface area contributed by atoms with Gasteiger partial charge >= 0.3 is 0 Å². The first-order valence-corrected chi connectivity index (χ1v) is 7.71. The Balaban J connectivity index is 2.25. The maximum Gasteiger partial charge on any atom is 0.170 e. The van der Waals surface area contributed by atoms with Crippen molar-refractivity contribution >= 4 is 27.3 Å². The molecule has 2 aliphatic rings.